The van der Waals surface area contributed by atoms with Crippen LogP contribution < -0.4 is 5.32 Å². The van der Waals surface area contributed by atoms with Crippen LogP contribution in [0.4, 0.5) is 0 Å². The molecule has 2 heteroatoms. The standard InChI is InChI=1S/C11H21NS/c1-2-4-9-7-11(9)12-10-5-3-6-13-8-10/h9-12H,2-8H2,1H3. The molecule has 0 spiro atoms. The van der Waals surface area contributed by atoms with E-state index >= 15 is 0 Å². The molecule has 1 saturated carbocycles. The first-order valence-electron chi connectivity index (χ1n) is 5.74. The molecule has 0 aromatic carbocycles. The first-order valence-corrected chi connectivity index (χ1v) is 6.89. The predicted molar refractivity (Wildman–Crippen MR) is 60.3 cm³/mol. The van der Waals surface area contributed by atoms with Gasteiger partial charge in [-0.05, 0) is 37.4 Å². The molecule has 1 nitrogen and oxygen atoms in total. The van der Waals surface area contributed by atoms with Gasteiger partial charge in [0.25, 0.3) is 0 Å². The third-order valence-corrected chi connectivity index (χ3v) is 4.41. The third-order valence-electron chi connectivity index (χ3n) is 3.19. The number of thioether (sulfide) groups is 1. The van der Waals surface area contributed by atoms with Crippen molar-refractivity contribution in [2.45, 2.75) is 51.1 Å². The topological polar surface area (TPSA) is 12.0 Å². The average Bonchev–Trinajstić information content (AvgIpc) is 2.86. The highest BCUT2D eigenvalue weighted by atomic mass is 32.2. The summed E-state index contributed by atoms with van der Waals surface area (Å²) in [5.41, 5.74) is 0. The fourth-order valence-corrected chi connectivity index (χ4v) is 3.40. The van der Waals surface area contributed by atoms with Gasteiger partial charge in [0.1, 0.15) is 0 Å². The maximum Gasteiger partial charge on any atom is 0.0161 e. The summed E-state index contributed by atoms with van der Waals surface area (Å²) in [7, 11) is 0. The van der Waals surface area contributed by atoms with Gasteiger partial charge in [-0.1, -0.05) is 13.3 Å². The molecule has 0 radical (unpaired) electrons. The molecule has 1 aliphatic heterocycles. The van der Waals surface area contributed by atoms with Gasteiger partial charge in [0.05, 0.1) is 0 Å². The number of nitrogens with one attached hydrogen (secondary N) is 1. The van der Waals surface area contributed by atoms with Crippen molar-refractivity contribution in [3.05, 3.63) is 0 Å². The summed E-state index contributed by atoms with van der Waals surface area (Å²) in [6.45, 7) is 2.30. The third kappa shape index (κ3) is 2.88. The summed E-state index contributed by atoms with van der Waals surface area (Å²) >= 11 is 2.12. The summed E-state index contributed by atoms with van der Waals surface area (Å²) in [6, 6.07) is 1.73. The van der Waals surface area contributed by atoms with E-state index in [0.29, 0.717) is 0 Å². The molecule has 76 valence electrons. The van der Waals surface area contributed by atoms with Crippen molar-refractivity contribution in [3.8, 4) is 0 Å². The maximum atomic E-state index is 3.81. The zero-order valence-corrected chi connectivity index (χ0v) is 9.41. The Bertz CT molecular complexity index is 154. The van der Waals surface area contributed by atoms with Crippen molar-refractivity contribution in [2.24, 2.45) is 5.92 Å². The molecule has 0 amide bonds. The van der Waals surface area contributed by atoms with Gasteiger partial charge < -0.3 is 5.32 Å². The van der Waals surface area contributed by atoms with E-state index in [9.17, 15) is 0 Å². The lowest BCUT2D eigenvalue weighted by atomic mass is 10.2. The Balaban J connectivity index is 1.62. The fraction of sp³-hybridized carbons (Fsp3) is 1.00. The minimum Gasteiger partial charge on any atom is -0.310 e. The highest BCUT2D eigenvalue weighted by Crippen LogP contribution is 2.35. The van der Waals surface area contributed by atoms with Crippen molar-refractivity contribution in [1.29, 1.82) is 0 Å². The molecular weight excluding hydrogens is 178 g/mol. The normalized spacial score (nSPS) is 39.0. The van der Waals surface area contributed by atoms with Gasteiger partial charge in [-0.25, -0.2) is 0 Å². The van der Waals surface area contributed by atoms with Crippen LogP contribution in [0.25, 0.3) is 0 Å². The van der Waals surface area contributed by atoms with Crippen molar-refractivity contribution < 1.29 is 0 Å². The molecule has 3 atom stereocenters. The maximum absolute atomic E-state index is 3.81. The predicted octanol–water partition coefficient (Wildman–Crippen LogP) is 2.66. The van der Waals surface area contributed by atoms with Crippen LogP contribution in [-0.4, -0.2) is 23.6 Å². The Morgan fingerprint density at radius 2 is 2.38 bits per heavy atom. The van der Waals surface area contributed by atoms with E-state index in [1.165, 1.54) is 43.6 Å². The number of hydrogen-bond donors (Lipinski definition) is 1. The first kappa shape index (κ1) is 9.85. The summed E-state index contributed by atoms with van der Waals surface area (Å²) < 4.78 is 0. The molecule has 1 saturated heterocycles. The second-order valence-corrected chi connectivity index (χ2v) is 5.62. The van der Waals surface area contributed by atoms with Gasteiger partial charge in [-0.15, -0.1) is 0 Å². The van der Waals surface area contributed by atoms with Crippen molar-refractivity contribution >= 4 is 11.8 Å². The van der Waals surface area contributed by atoms with Crippen LogP contribution in [0.1, 0.15) is 39.0 Å². The zero-order chi connectivity index (χ0) is 9.10. The molecule has 0 aromatic heterocycles. The first-order chi connectivity index (χ1) is 6.40. The van der Waals surface area contributed by atoms with E-state index in [-0.39, 0.29) is 0 Å². The lowest BCUT2D eigenvalue weighted by Crippen LogP contribution is -2.36. The Morgan fingerprint density at radius 3 is 3.08 bits per heavy atom. The quantitative estimate of drug-likeness (QED) is 0.747. The highest BCUT2D eigenvalue weighted by Gasteiger charge is 2.37. The molecule has 1 heterocycles. The van der Waals surface area contributed by atoms with E-state index in [1.54, 1.807) is 0 Å². The van der Waals surface area contributed by atoms with Crippen LogP contribution in [0.2, 0.25) is 0 Å². The van der Waals surface area contributed by atoms with Crippen LogP contribution >= 0.6 is 11.8 Å². The van der Waals surface area contributed by atoms with E-state index in [0.717, 1.165) is 18.0 Å². The van der Waals surface area contributed by atoms with Crippen LogP contribution in [0, 0.1) is 5.92 Å². The molecule has 2 fully saturated rings. The summed E-state index contributed by atoms with van der Waals surface area (Å²) in [4.78, 5) is 0. The number of rotatable bonds is 4. The van der Waals surface area contributed by atoms with Gasteiger partial charge in [0.15, 0.2) is 0 Å². The van der Waals surface area contributed by atoms with Crippen molar-refractivity contribution in [2.75, 3.05) is 11.5 Å². The lowest BCUT2D eigenvalue weighted by molar-refractivity contribution is 0.483. The molecule has 0 bridgehead atoms. The molecule has 0 aromatic rings. The van der Waals surface area contributed by atoms with Crippen LogP contribution in [0.15, 0.2) is 0 Å². The summed E-state index contributed by atoms with van der Waals surface area (Å²) in [5, 5.41) is 3.81. The SMILES string of the molecule is CCCC1CC1NC1CCCSC1. The smallest absolute Gasteiger partial charge is 0.0161 e. The fourth-order valence-electron chi connectivity index (χ4n) is 2.32. The van der Waals surface area contributed by atoms with Gasteiger partial charge in [0, 0.05) is 17.8 Å². The van der Waals surface area contributed by atoms with Gasteiger partial charge in [-0.3, -0.25) is 0 Å². The number of hydrogen-bond acceptors (Lipinski definition) is 2. The second-order valence-electron chi connectivity index (χ2n) is 4.47. The molecular formula is C11H21NS. The van der Waals surface area contributed by atoms with Crippen LogP contribution in [-0.2, 0) is 0 Å². The molecule has 1 N–H and O–H groups in total. The van der Waals surface area contributed by atoms with Gasteiger partial charge >= 0.3 is 0 Å². The van der Waals surface area contributed by atoms with E-state index in [2.05, 4.69) is 24.0 Å². The summed E-state index contributed by atoms with van der Waals surface area (Å²) in [6.07, 6.45) is 7.10. The zero-order valence-electron chi connectivity index (χ0n) is 8.59. The van der Waals surface area contributed by atoms with Crippen LogP contribution in [0.3, 0.4) is 0 Å². The minimum absolute atomic E-state index is 0.839. The molecule has 1 aliphatic carbocycles. The second kappa shape index (κ2) is 4.70. The van der Waals surface area contributed by atoms with E-state index in [4.69, 9.17) is 0 Å². The van der Waals surface area contributed by atoms with Crippen molar-refractivity contribution in [1.82, 2.24) is 5.32 Å². The largest absolute Gasteiger partial charge is 0.310 e. The Kier molecular flexibility index (Phi) is 3.56. The Hall–Kier alpha value is 0.310. The Morgan fingerprint density at radius 1 is 1.46 bits per heavy atom. The Labute approximate surface area is 86.0 Å². The van der Waals surface area contributed by atoms with E-state index < -0.39 is 0 Å². The molecule has 3 unspecified atom stereocenters. The molecule has 2 rings (SSSR count). The highest BCUT2D eigenvalue weighted by molar-refractivity contribution is 7.99. The van der Waals surface area contributed by atoms with Crippen LogP contribution in [0.5, 0.6) is 0 Å². The summed E-state index contributed by atoms with van der Waals surface area (Å²) in [5.74, 6) is 3.77. The minimum atomic E-state index is 0.839. The lowest BCUT2D eigenvalue weighted by Gasteiger charge is -2.22. The monoisotopic (exact) mass is 199 g/mol. The molecule has 2 aliphatic rings. The van der Waals surface area contributed by atoms with Gasteiger partial charge in [-0.2, -0.15) is 11.8 Å². The van der Waals surface area contributed by atoms with Crippen molar-refractivity contribution in [3.63, 3.8) is 0 Å². The average molecular weight is 199 g/mol. The van der Waals surface area contributed by atoms with E-state index in [1.807, 2.05) is 0 Å². The van der Waals surface area contributed by atoms with Gasteiger partial charge in [0.2, 0.25) is 0 Å². The molecule has 13 heavy (non-hydrogen) atoms.